The van der Waals surface area contributed by atoms with Crippen molar-refractivity contribution in [1.82, 2.24) is 24.8 Å². The Kier molecular flexibility index (Phi) is 8.59. The van der Waals surface area contributed by atoms with Gasteiger partial charge in [0, 0.05) is 86.4 Å². The molecule has 1 amide bonds. The van der Waals surface area contributed by atoms with Crippen LogP contribution in [0.15, 0.2) is 60.9 Å². The fourth-order valence-electron chi connectivity index (χ4n) is 7.24. The molecule has 0 radical (unpaired) electrons. The molecule has 7 rings (SSSR count). The topological polar surface area (TPSA) is 121 Å². The first-order valence-electron chi connectivity index (χ1n) is 16.4. The van der Waals surface area contributed by atoms with Gasteiger partial charge in [-0.1, -0.05) is 0 Å². The van der Waals surface area contributed by atoms with E-state index in [4.69, 9.17) is 5.11 Å². The van der Waals surface area contributed by atoms with Crippen LogP contribution in [0.1, 0.15) is 58.3 Å². The number of pyridine rings is 2. The highest BCUT2D eigenvalue weighted by atomic mass is 16.4. The average molecular weight is 623 g/mol. The Morgan fingerprint density at radius 1 is 0.870 bits per heavy atom. The normalized spacial score (nSPS) is 20.0. The van der Waals surface area contributed by atoms with Crippen molar-refractivity contribution in [3.63, 3.8) is 0 Å². The lowest BCUT2D eigenvalue weighted by Gasteiger charge is -2.40. The second kappa shape index (κ2) is 13.1. The molecule has 4 aromatic rings. The Balaban J connectivity index is 0.871. The van der Waals surface area contributed by atoms with Gasteiger partial charge < -0.3 is 25.2 Å². The van der Waals surface area contributed by atoms with Crippen molar-refractivity contribution in [2.24, 2.45) is 5.92 Å². The van der Waals surface area contributed by atoms with E-state index in [-0.39, 0.29) is 11.6 Å². The van der Waals surface area contributed by atoms with E-state index < -0.39 is 5.97 Å². The van der Waals surface area contributed by atoms with Gasteiger partial charge in [0.25, 0.3) is 5.91 Å². The molecule has 3 aliphatic rings. The molecule has 1 aromatic carbocycles. The maximum Gasteiger partial charge on any atom is 0.354 e. The van der Waals surface area contributed by atoms with Crippen LogP contribution in [0.5, 0.6) is 0 Å². The predicted molar refractivity (Wildman–Crippen MR) is 180 cm³/mol. The lowest BCUT2D eigenvalue weighted by molar-refractivity contribution is 0.0690. The van der Waals surface area contributed by atoms with Crippen molar-refractivity contribution in [2.75, 3.05) is 74.5 Å². The van der Waals surface area contributed by atoms with Gasteiger partial charge in [0.2, 0.25) is 0 Å². The second-order valence-corrected chi connectivity index (χ2v) is 12.9. The van der Waals surface area contributed by atoms with Crippen LogP contribution < -0.4 is 15.1 Å². The number of carboxylic acid groups (broad SMARTS) is 1. The number of aromatic amines is 1. The SMILES string of the molecule is CN1CCC[C@@H]1c1cc2cnc(NC(=O)c3ccc(N4CCN(CC5CCN(c6ccc(C(=O)O)nc6)CC5)CC4)cc3)cc2[nH]1. The van der Waals surface area contributed by atoms with E-state index in [9.17, 15) is 9.59 Å². The van der Waals surface area contributed by atoms with E-state index in [0.717, 1.165) is 93.9 Å². The summed E-state index contributed by atoms with van der Waals surface area (Å²) >= 11 is 0. The van der Waals surface area contributed by atoms with E-state index in [1.807, 2.05) is 42.6 Å². The van der Waals surface area contributed by atoms with Crippen LogP contribution in [0, 0.1) is 5.92 Å². The maximum atomic E-state index is 13.1. The van der Waals surface area contributed by atoms with E-state index in [2.05, 4.69) is 53.0 Å². The molecule has 0 saturated carbocycles. The zero-order chi connectivity index (χ0) is 31.6. The number of piperazine rings is 1. The lowest BCUT2D eigenvalue weighted by atomic mass is 9.95. The number of likely N-dealkylation sites (tertiary alicyclic amines) is 1. The minimum Gasteiger partial charge on any atom is -0.477 e. The third-order valence-electron chi connectivity index (χ3n) is 9.98. The van der Waals surface area contributed by atoms with E-state index in [1.54, 1.807) is 12.3 Å². The summed E-state index contributed by atoms with van der Waals surface area (Å²) in [5, 5.41) is 13.1. The summed E-state index contributed by atoms with van der Waals surface area (Å²) in [4.78, 5) is 45.9. The zero-order valence-corrected chi connectivity index (χ0v) is 26.4. The highest BCUT2D eigenvalue weighted by Crippen LogP contribution is 2.32. The third-order valence-corrected chi connectivity index (χ3v) is 9.98. The Morgan fingerprint density at radius 3 is 2.28 bits per heavy atom. The van der Waals surface area contributed by atoms with Gasteiger partial charge in [-0.05, 0) is 87.7 Å². The van der Waals surface area contributed by atoms with Gasteiger partial charge in [-0.15, -0.1) is 0 Å². The summed E-state index contributed by atoms with van der Waals surface area (Å²) < 4.78 is 0. The number of aromatic nitrogens is 3. The van der Waals surface area contributed by atoms with Gasteiger partial charge in [0.15, 0.2) is 0 Å². The number of piperidine rings is 1. The molecule has 0 bridgehead atoms. The summed E-state index contributed by atoms with van der Waals surface area (Å²) in [7, 11) is 2.17. The number of amides is 1. The number of fused-ring (bicyclic) bond motifs is 1. The molecule has 46 heavy (non-hydrogen) atoms. The van der Waals surface area contributed by atoms with Crippen LogP contribution in [0.25, 0.3) is 10.9 Å². The first-order chi connectivity index (χ1) is 22.4. The maximum absolute atomic E-state index is 13.1. The van der Waals surface area contributed by atoms with Crippen LogP contribution in [0.3, 0.4) is 0 Å². The molecule has 0 spiro atoms. The summed E-state index contributed by atoms with van der Waals surface area (Å²) in [5.41, 5.74) is 5.03. The van der Waals surface area contributed by atoms with Crippen molar-refractivity contribution in [3.8, 4) is 0 Å². The molecule has 3 N–H and O–H groups in total. The molecule has 3 saturated heterocycles. The molecule has 0 unspecified atom stereocenters. The van der Waals surface area contributed by atoms with Crippen LogP contribution in [0.4, 0.5) is 17.2 Å². The van der Waals surface area contributed by atoms with Gasteiger partial charge >= 0.3 is 5.97 Å². The van der Waals surface area contributed by atoms with Gasteiger partial charge in [0.05, 0.1) is 17.4 Å². The number of anilines is 3. The fourth-order valence-corrected chi connectivity index (χ4v) is 7.24. The van der Waals surface area contributed by atoms with Crippen molar-refractivity contribution < 1.29 is 14.7 Å². The van der Waals surface area contributed by atoms with Gasteiger partial charge in [-0.3, -0.25) is 14.6 Å². The van der Waals surface area contributed by atoms with Gasteiger partial charge in [-0.2, -0.15) is 0 Å². The number of carbonyl (C=O) groups is 2. The molecule has 11 nitrogen and oxygen atoms in total. The largest absolute Gasteiger partial charge is 0.477 e. The quantitative estimate of drug-likeness (QED) is 0.257. The first-order valence-corrected chi connectivity index (χ1v) is 16.4. The molecule has 1 atom stereocenters. The molecule has 11 heteroatoms. The van der Waals surface area contributed by atoms with E-state index >= 15 is 0 Å². The number of nitrogens with one attached hydrogen (secondary N) is 2. The Bertz CT molecular complexity index is 1670. The number of H-pyrrole nitrogens is 1. The van der Waals surface area contributed by atoms with Crippen LogP contribution in [-0.4, -0.2) is 101 Å². The summed E-state index contributed by atoms with van der Waals surface area (Å²) in [6.45, 7) is 8.13. The van der Waals surface area contributed by atoms with Crippen molar-refractivity contribution >= 4 is 40.0 Å². The van der Waals surface area contributed by atoms with E-state index in [0.29, 0.717) is 23.3 Å². The fraction of sp³-hybridized carbons (Fsp3) is 0.429. The average Bonchev–Trinajstić information content (AvgIpc) is 3.71. The number of hydrogen-bond acceptors (Lipinski definition) is 8. The number of aromatic carboxylic acids is 1. The van der Waals surface area contributed by atoms with Crippen molar-refractivity contribution in [3.05, 3.63) is 77.9 Å². The summed E-state index contributed by atoms with van der Waals surface area (Å²) in [6, 6.07) is 15.8. The molecular formula is C35H42N8O3. The van der Waals surface area contributed by atoms with Gasteiger partial charge in [0.1, 0.15) is 11.5 Å². The predicted octanol–water partition coefficient (Wildman–Crippen LogP) is 4.71. The standard InChI is InChI=1S/C35H42N8O3/c1-40-12-2-3-32(40)31-19-26-21-37-33(20-30(26)38-31)39-34(44)25-4-6-27(7-5-25)43-17-15-41(16-18-43)23-24-10-13-42(14-11-24)28-8-9-29(35(45)46)36-22-28/h4-9,19-22,24,32,38H,2-3,10-18,23H2,1H3,(H,45,46)(H,37,39,44)/t32-/m1/s1. The van der Waals surface area contributed by atoms with Crippen LogP contribution >= 0.6 is 0 Å². The number of carbonyl (C=O) groups excluding carboxylic acids is 1. The summed E-state index contributed by atoms with van der Waals surface area (Å²) in [6.07, 6.45) is 8.11. The minimum atomic E-state index is -0.995. The number of benzene rings is 1. The highest BCUT2D eigenvalue weighted by molar-refractivity contribution is 6.04. The number of hydrogen-bond donors (Lipinski definition) is 3. The van der Waals surface area contributed by atoms with Crippen LogP contribution in [0.2, 0.25) is 0 Å². The minimum absolute atomic E-state index is 0.0826. The Labute approximate surface area is 269 Å². The van der Waals surface area contributed by atoms with Crippen LogP contribution in [-0.2, 0) is 0 Å². The number of nitrogens with zero attached hydrogens (tertiary/aromatic N) is 6. The van der Waals surface area contributed by atoms with Crippen molar-refractivity contribution in [2.45, 2.75) is 31.7 Å². The van der Waals surface area contributed by atoms with E-state index in [1.165, 1.54) is 12.1 Å². The molecular weight excluding hydrogens is 580 g/mol. The first kappa shape index (κ1) is 30.2. The Hall–Kier alpha value is -4.48. The summed E-state index contributed by atoms with van der Waals surface area (Å²) in [5.74, 6) is 0.0500. The number of carboxylic acids is 1. The monoisotopic (exact) mass is 622 g/mol. The zero-order valence-electron chi connectivity index (χ0n) is 26.4. The molecule has 0 aliphatic carbocycles. The molecule has 3 fully saturated rings. The highest BCUT2D eigenvalue weighted by Gasteiger charge is 2.26. The third kappa shape index (κ3) is 6.56. The smallest absolute Gasteiger partial charge is 0.354 e. The Morgan fingerprint density at radius 2 is 1.61 bits per heavy atom. The van der Waals surface area contributed by atoms with Gasteiger partial charge in [-0.25, -0.2) is 14.8 Å². The molecule has 6 heterocycles. The molecule has 3 aliphatic heterocycles. The van der Waals surface area contributed by atoms with Crippen molar-refractivity contribution in [1.29, 1.82) is 0 Å². The molecule has 3 aromatic heterocycles. The lowest BCUT2D eigenvalue weighted by Crippen LogP contribution is -2.49. The molecule has 240 valence electrons. The second-order valence-electron chi connectivity index (χ2n) is 12.9. The number of rotatable bonds is 8.